The lowest BCUT2D eigenvalue weighted by Gasteiger charge is -2.35. The summed E-state index contributed by atoms with van der Waals surface area (Å²) in [7, 11) is 1.23. The van der Waals surface area contributed by atoms with Gasteiger partial charge in [-0.05, 0) is 60.7 Å². The fourth-order valence-corrected chi connectivity index (χ4v) is 5.67. The highest BCUT2D eigenvalue weighted by Crippen LogP contribution is 2.37. The highest BCUT2D eigenvalue weighted by atomic mass is 35.5. The van der Waals surface area contributed by atoms with Crippen LogP contribution in [0.4, 0.5) is 25.0 Å². The van der Waals surface area contributed by atoms with Gasteiger partial charge in [-0.25, -0.2) is 13.6 Å². The van der Waals surface area contributed by atoms with E-state index in [0.717, 1.165) is 12.1 Å². The van der Waals surface area contributed by atoms with Crippen molar-refractivity contribution in [3.05, 3.63) is 86.8 Å². The van der Waals surface area contributed by atoms with Crippen molar-refractivity contribution in [3.8, 4) is 11.1 Å². The number of H-pyrrole nitrogens is 1. The molecular formula is C31H29ClF2N4O5. The number of carbonyl (C=O) groups is 3. The van der Waals surface area contributed by atoms with Crippen molar-refractivity contribution in [3.63, 3.8) is 0 Å². The van der Waals surface area contributed by atoms with E-state index < -0.39 is 35.2 Å². The summed E-state index contributed by atoms with van der Waals surface area (Å²) in [5.41, 5.74) is 1.71. The number of hydrogen-bond donors (Lipinski definition) is 3. The van der Waals surface area contributed by atoms with Crippen molar-refractivity contribution in [1.29, 1.82) is 0 Å². The van der Waals surface area contributed by atoms with Crippen molar-refractivity contribution in [2.75, 3.05) is 24.3 Å². The molecular weight excluding hydrogens is 582 g/mol. The minimum atomic E-state index is -0.923. The fourth-order valence-electron chi connectivity index (χ4n) is 5.51. The zero-order valence-corrected chi connectivity index (χ0v) is 24.2. The van der Waals surface area contributed by atoms with E-state index in [-0.39, 0.29) is 40.9 Å². The van der Waals surface area contributed by atoms with Crippen LogP contribution < -0.4 is 16.2 Å². The van der Waals surface area contributed by atoms with Crippen molar-refractivity contribution in [2.45, 2.75) is 38.6 Å². The number of aromatic amines is 1. The maximum absolute atomic E-state index is 14.7. The van der Waals surface area contributed by atoms with Crippen molar-refractivity contribution in [2.24, 2.45) is 5.92 Å². The van der Waals surface area contributed by atoms with Crippen LogP contribution in [0.1, 0.15) is 49.9 Å². The summed E-state index contributed by atoms with van der Waals surface area (Å²) < 4.78 is 34.0. The Bertz CT molecular complexity index is 1710. The second-order valence-corrected chi connectivity index (χ2v) is 11.0. The number of hydrogen-bond acceptors (Lipinski definition) is 5. The number of anilines is 2. The lowest BCUT2D eigenvalue weighted by molar-refractivity contribution is -0.129. The van der Waals surface area contributed by atoms with Gasteiger partial charge < -0.3 is 19.9 Å². The van der Waals surface area contributed by atoms with Gasteiger partial charge in [0, 0.05) is 41.5 Å². The van der Waals surface area contributed by atoms with E-state index in [1.807, 2.05) is 0 Å². The third kappa shape index (κ3) is 6.31. The number of carbonyl (C=O) groups excluding carboxylic acids is 3. The monoisotopic (exact) mass is 610 g/mol. The number of aromatic nitrogens is 1. The highest BCUT2D eigenvalue weighted by Gasteiger charge is 2.31. The zero-order valence-electron chi connectivity index (χ0n) is 23.4. The number of ether oxygens (including phenoxy) is 1. The van der Waals surface area contributed by atoms with Gasteiger partial charge in [-0.1, -0.05) is 31.0 Å². The first-order valence-corrected chi connectivity index (χ1v) is 14.1. The van der Waals surface area contributed by atoms with E-state index in [1.54, 1.807) is 36.1 Å². The van der Waals surface area contributed by atoms with E-state index in [4.69, 9.17) is 11.6 Å². The minimum Gasteiger partial charge on any atom is -0.453 e. The smallest absolute Gasteiger partial charge is 0.411 e. The molecule has 2 unspecified atom stereocenters. The molecule has 2 aromatic carbocycles. The molecule has 1 aromatic heterocycles. The SMILES string of the molecule is COC(=O)Nc1ccc2c(c1)NC(=O)C(C)CCCC(N1CCC(c3c(F)ccc(Cl)c3F)=CC1=O)c1cc-2cc(=O)[nH]1. The fraction of sp³-hybridized carbons (Fsp3) is 0.290. The minimum absolute atomic E-state index is 0.141. The van der Waals surface area contributed by atoms with E-state index in [9.17, 15) is 28.0 Å². The maximum atomic E-state index is 14.7. The number of halogens is 3. The summed E-state index contributed by atoms with van der Waals surface area (Å²) in [6, 6.07) is 9.60. The quantitative estimate of drug-likeness (QED) is 0.302. The van der Waals surface area contributed by atoms with Gasteiger partial charge in [-0.3, -0.25) is 19.7 Å². The van der Waals surface area contributed by atoms with Crippen LogP contribution in [0.5, 0.6) is 0 Å². The molecule has 2 bridgehead atoms. The standard InChI is InChI=1S/C31H29ClF2N4O5/c1-16-4-3-5-25(38-11-10-17(14-27(38)40)28-22(33)9-8-21(32)29(28)34)24-12-18(13-26(39)36-24)20-7-6-19(35-31(42)43-2)15-23(20)37-30(16)41/h6-9,12-16,25H,3-5,10-11H2,1-2H3,(H,35,42)(H,36,39)(H,37,41). The molecule has 0 spiro atoms. The Morgan fingerprint density at radius 2 is 1.88 bits per heavy atom. The lowest BCUT2D eigenvalue weighted by atomic mass is 9.92. The Labute approximate surface area is 250 Å². The molecule has 2 aliphatic rings. The molecule has 0 saturated heterocycles. The number of fused-ring (bicyclic) bond motifs is 4. The van der Waals surface area contributed by atoms with Crippen LogP contribution in [0, 0.1) is 17.6 Å². The van der Waals surface area contributed by atoms with E-state index in [2.05, 4.69) is 20.4 Å². The van der Waals surface area contributed by atoms with Gasteiger partial charge in [-0.15, -0.1) is 0 Å². The molecule has 0 aliphatic carbocycles. The maximum Gasteiger partial charge on any atom is 0.411 e. The molecule has 3 heterocycles. The summed E-state index contributed by atoms with van der Waals surface area (Å²) in [5.74, 6) is -2.83. The topological polar surface area (TPSA) is 121 Å². The van der Waals surface area contributed by atoms with Gasteiger partial charge in [0.05, 0.1) is 29.4 Å². The molecule has 3 aromatic rings. The number of rotatable bonds is 3. The number of methoxy groups -OCH3 is 1. The number of pyridine rings is 1. The summed E-state index contributed by atoms with van der Waals surface area (Å²) >= 11 is 5.88. The summed E-state index contributed by atoms with van der Waals surface area (Å²) in [6.45, 7) is 1.94. The first-order chi connectivity index (χ1) is 20.5. The molecule has 3 N–H and O–H groups in total. The second kappa shape index (κ2) is 12.4. The Morgan fingerprint density at radius 1 is 1.09 bits per heavy atom. The third-order valence-corrected chi connectivity index (χ3v) is 8.04. The molecule has 3 amide bonds. The number of nitrogens with zero attached hydrogens (tertiary/aromatic N) is 1. The van der Waals surface area contributed by atoms with Crippen LogP contribution in [0.15, 0.2) is 53.3 Å². The molecule has 9 nitrogen and oxygen atoms in total. The second-order valence-electron chi connectivity index (χ2n) is 10.6. The number of nitrogens with one attached hydrogen (secondary N) is 3. The van der Waals surface area contributed by atoms with Crippen LogP contribution in [0.25, 0.3) is 16.7 Å². The van der Waals surface area contributed by atoms with Gasteiger partial charge in [-0.2, -0.15) is 0 Å². The molecule has 5 rings (SSSR count). The van der Waals surface area contributed by atoms with Gasteiger partial charge in [0.25, 0.3) is 0 Å². The molecule has 43 heavy (non-hydrogen) atoms. The van der Waals surface area contributed by atoms with Crippen molar-refractivity contribution in [1.82, 2.24) is 9.88 Å². The largest absolute Gasteiger partial charge is 0.453 e. The Kier molecular flexibility index (Phi) is 8.63. The van der Waals surface area contributed by atoms with Gasteiger partial charge in [0.15, 0.2) is 5.82 Å². The predicted molar refractivity (Wildman–Crippen MR) is 159 cm³/mol. The molecule has 2 aliphatic heterocycles. The molecule has 12 heteroatoms. The Hall–Kier alpha value is -4.51. The Morgan fingerprint density at radius 3 is 2.63 bits per heavy atom. The average Bonchev–Trinajstić information content (AvgIpc) is 2.97. The Balaban J connectivity index is 1.56. The van der Waals surface area contributed by atoms with Crippen LogP contribution in [-0.4, -0.2) is 41.4 Å². The van der Waals surface area contributed by atoms with E-state index in [0.29, 0.717) is 47.5 Å². The summed E-state index contributed by atoms with van der Waals surface area (Å²) in [4.78, 5) is 55.7. The lowest BCUT2D eigenvalue weighted by Crippen LogP contribution is -2.38. The van der Waals surface area contributed by atoms with E-state index >= 15 is 0 Å². The van der Waals surface area contributed by atoms with Crippen molar-refractivity contribution < 1.29 is 27.9 Å². The van der Waals surface area contributed by atoms with Crippen LogP contribution >= 0.6 is 11.6 Å². The normalized spacial score (nSPS) is 18.9. The van der Waals surface area contributed by atoms with Gasteiger partial charge in [0.1, 0.15) is 5.82 Å². The van der Waals surface area contributed by atoms with E-state index in [1.165, 1.54) is 19.3 Å². The average molecular weight is 611 g/mol. The van der Waals surface area contributed by atoms with Crippen LogP contribution in [0.2, 0.25) is 5.02 Å². The van der Waals surface area contributed by atoms with Crippen molar-refractivity contribution >= 4 is 46.5 Å². The molecule has 0 saturated carbocycles. The number of benzene rings is 2. The molecule has 2 atom stereocenters. The van der Waals surface area contributed by atoms with Crippen LogP contribution in [-0.2, 0) is 14.3 Å². The summed E-state index contributed by atoms with van der Waals surface area (Å²) in [6.07, 6.45) is 2.15. The van der Waals surface area contributed by atoms with Gasteiger partial charge in [0.2, 0.25) is 17.4 Å². The molecule has 224 valence electrons. The predicted octanol–water partition coefficient (Wildman–Crippen LogP) is 6.27. The third-order valence-electron chi connectivity index (χ3n) is 7.75. The van der Waals surface area contributed by atoms with Gasteiger partial charge >= 0.3 is 6.09 Å². The zero-order chi connectivity index (χ0) is 30.8. The first-order valence-electron chi connectivity index (χ1n) is 13.7. The molecule has 0 radical (unpaired) electrons. The highest BCUT2D eigenvalue weighted by molar-refractivity contribution is 6.31. The number of amides is 3. The van der Waals surface area contributed by atoms with Crippen LogP contribution in [0.3, 0.4) is 0 Å². The first kappa shape index (κ1) is 30.0. The molecule has 0 fully saturated rings. The summed E-state index contributed by atoms with van der Waals surface area (Å²) in [5, 5.41) is 5.24.